The van der Waals surface area contributed by atoms with E-state index in [9.17, 15) is 13.2 Å². The lowest BCUT2D eigenvalue weighted by Crippen LogP contribution is -2.39. The van der Waals surface area contributed by atoms with Crippen molar-refractivity contribution in [2.24, 2.45) is 5.41 Å². The van der Waals surface area contributed by atoms with Gasteiger partial charge < -0.3 is 5.32 Å². The van der Waals surface area contributed by atoms with Gasteiger partial charge in [0.1, 0.15) is 0 Å². The molecule has 0 unspecified atom stereocenters. The second-order valence-corrected chi connectivity index (χ2v) is 8.88. The predicted molar refractivity (Wildman–Crippen MR) is 82.8 cm³/mol. The van der Waals surface area contributed by atoms with Crippen molar-refractivity contribution in [3.63, 3.8) is 0 Å². The quantitative estimate of drug-likeness (QED) is 0.906. The number of nitrogens with one attached hydrogen (secondary N) is 1. The average Bonchev–Trinajstić information content (AvgIpc) is 3.23. The van der Waals surface area contributed by atoms with E-state index in [1.54, 1.807) is 4.31 Å². The zero-order valence-corrected chi connectivity index (χ0v) is 13.2. The fraction of sp³-hybridized carbons (Fsp3) is 0.562. The van der Waals surface area contributed by atoms with E-state index in [4.69, 9.17) is 0 Å². The maximum atomic E-state index is 12.6. The third kappa shape index (κ3) is 2.01. The summed E-state index contributed by atoms with van der Waals surface area (Å²) in [6.07, 6.45) is 2.23. The zero-order chi connectivity index (χ0) is 15.4. The molecule has 4 rings (SSSR count). The van der Waals surface area contributed by atoms with Crippen molar-refractivity contribution >= 4 is 15.9 Å². The lowest BCUT2D eigenvalue weighted by atomic mass is 9.73. The number of hydrogen-bond acceptors (Lipinski definition) is 3. The fourth-order valence-electron chi connectivity index (χ4n) is 3.92. The van der Waals surface area contributed by atoms with E-state index in [-0.39, 0.29) is 17.1 Å². The van der Waals surface area contributed by atoms with Gasteiger partial charge in [-0.15, -0.1) is 0 Å². The lowest BCUT2D eigenvalue weighted by molar-refractivity contribution is -0.127. The van der Waals surface area contributed by atoms with Crippen LogP contribution in [0.1, 0.15) is 30.7 Å². The van der Waals surface area contributed by atoms with Crippen LogP contribution in [0, 0.1) is 5.41 Å². The van der Waals surface area contributed by atoms with Crippen LogP contribution < -0.4 is 5.32 Å². The molecule has 6 heteroatoms. The topological polar surface area (TPSA) is 66.5 Å². The minimum Gasteiger partial charge on any atom is -0.356 e. The van der Waals surface area contributed by atoms with E-state index < -0.39 is 15.4 Å². The van der Waals surface area contributed by atoms with Gasteiger partial charge in [-0.05, 0) is 24.8 Å². The normalized spacial score (nSPS) is 32.5. The Labute approximate surface area is 130 Å². The molecule has 2 saturated heterocycles. The highest BCUT2D eigenvalue weighted by atomic mass is 32.2. The Bertz CT molecular complexity index is 699. The van der Waals surface area contributed by atoms with Crippen molar-refractivity contribution in [3.05, 3.63) is 35.9 Å². The molecule has 1 spiro atoms. The highest BCUT2D eigenvalue weighted by Crippen LogP contribution is 2.49. The Kier molecular flexibility index (Phi) is 3.10. The van der Waals surface area contributed by atoms with Crippen LogP contribution in [0.5, 0.6) is 0 Å². The molecule has 2 atom stereocenters. The number of rotatable bonds is 3. The van der Waals surface area contributed by atoms with Crippen LogP contribution in [-0.2, 0) is 14.8 Å². The van der Waals surface area contributed by atoms with Crippen LogP contribution in [0.4, 0.5) is 0 Å². The molecule has 1 aliphatic carbocycles. The summed E-state index contributed by atoms with van der Waals surface area (Å²) >= 11 is 0. The van der Waals surface area contributed by atoms with E-state index in [1.807, 2.05) is 30.3 Å². The first-order valence-electron chi connectivity index (χ1n) is 7.86. The predicted octanol–water partition coefficient (Wildman–Crippen LogP) is 1.08. The van der Waals surface area contributed by atoms with E-state index in [1.165, 1.54) is 0 Å². The standard InChI is InChI=1S/C16H20N2O3S/c19-15-16(8-9-17-15)11-18(22(20,21)13-6-7-13)10-14(16)12-4-2-1-3-5-12/h1-5,13-14H,6-11H2,(H,17,19)/t14-,16+/m0/s1. The zero-order valence-electron chi connectivity index (χ0n) is 12.4. The fourth-order valence-corrected chi connectivity index (χ4v) is 5.84. The van der Waals surface area contributed by atoms with Gasteiger partial charge in [-0.1, -0.05) is 30.3 Å². The molecular formula is C16H20N2O3S. The van der Waals surface area contributed by atoms with Crippen molar-refractivity contribution in [2.75, 3.05) is 19.6 Å². The molecule has 0 aromatic heterocycles. The van der Waals surface area contributed by atoms with Gasteiger partial charge in [-0.25, -0.2) is 8.42 Å². The first-order valence-corrected chi connectivity index (χ1v) is 9.36. The van der Waals surface area contributed by atoms with Gasteiger partial charge in [-0.2, -0.15) is 4.31 Å². The Morgan fingerprint density at radius 2 is 1.91 bits per heavy atom. The highest BCUT2D eigenvalue weighted by molar-refractivity contribution is 7.90. The first-order chi connectivity index (χ1) is 10.5. The number of hydrogen-bond donors (Lipinski definition) is 1. The van der Waals surface area contributed by atoms with Gasteiger partial charge in [0.2, 0.25) is 15.9 Å². The van der Waals surface area contributed by atoms with Crippen molar-refractivity contribution < 1.29 is 13.2 Å². The summed E-state index contributed by atoms with van der Waals surface area (Å²) in [5, 5.41) is 2.69. The highest BCUT2D eigenvalue weighted by Gasteiger charge is 2.58. The largest absolute Gasteiger partial charge is 0.356 e. The van der Waals surface area contributed by atoms with Crippen LogP contribution in [-0.4, -0.2) is 43.5 Å². The van der Waals surface area contributed by atoms with Crippen LogP contribution in [0.15, 0.2) is 30.3 Å². The number of carbonyl (C=O) groups excluding carboxylic acids is 1. The lowest BCUT2D eigenvalue weighted by Gasteiger charge is -2.27. The average molecular weight is 320 g/mol. The van der Waals surface area contributed by atoms with Crippen LogP contribution >= 0.6 is 0 Å². The smallest absolute Gasteiger partial charge is 0.228 e. The van der Waals surface area contributed by atoms with E-state index >= 15 is 0 Å². The summed E-state index contributed by atoms with van der Waals surface area (Å²) < 4.78 is 26.8. The van der Waals surface area contributed by atoms with Crippen LogP contribution in [0.25, 0.3) is 0 Å². The minimum atomic E-state index is -3.24. The van der Waals surface area contributed by atoms with Crippen LogP contribution in [0.2, 0.25) is 0 Å². The van der Waals surface area contributed by atoms with Gasteiger partial charge in [0.05, 0.1) is 10.7 Å². The summed E-state index contributed by atoms with van der Waals surface area (Å²) in [5.74, 6) is -0.0421. The van der Waals surface area contributed by atoms with E-state index in [0.29, 0.717) is 26.1 Å². The number of nitrogens with zero attached hydrogens (tertiary/aromatic N) is 1. The van der Waals surface area contributed by atoms with E-state index in [0.717, 1.165) is 18.4 Å². The van der Waals surface area contributed by atoms with Gasteiger partial charge >= 0.3 is 0 Å². The molecule has 118 valence electrons. The molecule has 0 bridgehead atoms. The Morgan fingerprint density at radius 3 is 2.50 bits per heavy atom. The van der Waals surface area contributed by atoms with E-state index in [2.05, 4.69) is 5.32 Å². The SMILES string of the molecule is O=C1NCC[C@]12CN(S(=O)(=O)C1CC1)C[C@H]2c1ccccc1. The number of benzene rings is 1. The molecule has 3 aliphatic rings. The Balaban J connectivity index is 1.73. The van der Waals surface area contributed by atoms with Crippen molar-refractivity contribution in [3.8, 4) is 0 Å². The monoisotopic (exact) mass is 320 g/mol. The molecule has 2 heterocycles. The molecule has 5 nitrogen and oxygen atoms in total. The Morgan fingerprint density at radius 1 is 1.18 bits per heavy atom. The molecule has 1 saturated carbocycles. The molecule has 1 aromatic carbocycles. The molecule has 0 radical (unpaired) electrons. The van der Waals surface area contributed by atoms with Crippen molar-refractivity contribution in [1.29, 1.82) is 0 Å². The summed E-state index contributed by atoms with van der Waals surface area (Å²) in [5.41, 5.74) is 0.469. The number of sulfonamides is 1. The molecule has 1 aromatic rings. The van der Waals surface area contributed by atoms with Crippen LogP contribution in [0.3, 0.4) is 0 Å². The molecule has 2 aliphatic heterocycles. The second kappa shape index (κ2) is 4.80. The number of amides is 1. The summed E-state index contributed by atoms with van der Waals surface area (Å²) in [6.45, 7) is 1.40. The molecule has 3 fully saturated rings. The van der Waals surface area contributed by atoms with Gasteiger partial charge in [0.25, 0.3) is 0 Å². The molecular weight excluding hydrogens is 300 g/mol. The van der Waals surface area contributed by atoms with Crippen molar-refractivity contribution in [2.45, 2.75) is 30.4 Å². The van der Waals surface area contributed by atoms with Crippen molar-refractivity contribution in [1.82, 2.24) is 9.62 Å². The van der Waals surface area contributed by atoms with Gasteiger partial charge in [0.15, 0.2) is 0 Å². The second-order valence-electron chi connectivity index (χ2n) is 6.66. The summed E-state index contributed by atoms with van der Waals surface area (Å²) in [4.78, 5) is 12.5. The van der Waals surface area contributed by atoms with Gasteiger partial charge in [-0.3, -0.25) is 4.79 Å². The third-order valence-electron chi connectivity index (χ3n) is 5.33. The third-order valence-corrected chi connectivity index (χ3v) is 7.64. The maximum absolute atomic E-state index is 12.6. The number of carbonyl (C=O) groups is 1. The van der Waals surface area contributed by atoms with Gasteiger partial charge in [0, 0.05) is 25.6 Å². The molecule has 22 heavy (non-hydrogen) atoms. The Hall–Kier alpha value is -1.40. The first kappa shape index (κ1) is 14.2. The minimum absolute atomic E-state index is 0.00912. The molecule has 1 N–H and O–H groups in total. The molecule has 1 amide bonds. The summed E-state index contributed by atoms with van der Waals surface area (Å²) in [7, 11) is -3.24. The summed E-state index contributed by atoms with van der Waals surface area (Å²) in [6, 6.07) is 9.86. The maximum Gasteiger partial charge on any atom is 0.228 e.